The van der Waals surface area contributed by atoms with Gasteiger partial charge in [-0.05, 0) is 25.1 Å². The molecule has 0 fully saturated rings. The quantitative estimate of drug-likeness (QED) is 0.752. The van der Waals surface area contributed by atoms with E-state index < -0.39 is 0 Å². The number of hydrogen-bond acceptors (Lipinski definition) is 3. The first-order valence-electron chi connectivity index (χ1n) is 5.11. The Bertz CT molecular complexity index is 578. The van der Waals surface area contributed by atoms with Crippen molar-refractivity contribution >= 4 is 39.1 Å². The van der Waals surface area contributed by atoms with Crippen molar-refractivity contribution in [3.05, 3.63) is 45.3 Å². The molecule has 6 heteroatoms. The van der Waals surface area contributed by atoms with Gasteiger partial charge in [-0.3, -0.25) is 0 Å². The number of nitrogens with zero attached hydrogens (tertiary/aromatic N) is 2. The standard InChI is InChI=1S/C12H9BrCl2N2O/c1-7-16-6-8(5-14)12(17-7)18-11-4-9(13)2-3-10(11)15/h2-4,6H,5H2,1H3. The molecule has 0 atom stereocenters. The SMILES string of the molecule is Cc1ncc(CCl)c(Oc2cc(Br)ccc2Cl)n1. The highest BCUT2D eigenvalue weighted by atomic mass is 79.9. The normalized spacial score (nSPS) is 10.4. The molecule has 1 heterocycles. The average Bonchev–Trinajstić information content (AvgIpc) is 2.34. The van der Waals surface area contributed by atoms with Crippen LogP contribution in [0.3, 0.4) is 0 Å². The molecule has 3 nitrogen and oxygen atoms in total. The number of halogens is 3. The summed E-state index contributed by atoms with van der Waals surface area (Å²) in [4.78, 5) is 8.29. The minimum absolute atomic E-state index is 0.279. The van der Waals surface area contributed by atoms with Crippen LogP contribution in [-0.2, 0) is 5.88 Å². The fourth-order valence-corrected chi connectivity index (χ4v) is 1.99. The number of aromatic nitrogens is 2. The highest BCUT2D eigenvalue weighted by Crippen LogP contribution is 2.32. The lowest BCUT2D eigenvalue weighted by molar-refractivity contribution is 0.455. The van der Waals surface area contributed by atoms with E-state index in [-0.39, 0.29) is 5.88 Å². The zero-order chi connectivity index (χ0) is 13.1. The number of rotatable bonds is 3. The van der Waals surface area contributed by atoms with Crippen LogP contribution in [0.15, 0.2) is 28.9 Å². The Morgan fingerprint density at radius 2 is 2.17 bits per heavy atom. The average molecular weight is 348 g/mol. The number of ether oxygens (including phenoxy) is 1. The van der Waals surface area contributed by atoms with Gasteiger partial charge in [0.2, 0.25) is 5.88 Å². The molecule has 2 rings (SSSR count). The number of hydrogen-bond donors (Lipinski definition) is 0. The first-order chi connectivity index (χ1) is 8.60. The van der Waals surface area contributed by atoms with E-state index in [0.717, 1.165) is 10.0 Å². The summed E-state index contributed by atoms with van der Waals surface area (Å²) in [5.74, 6) is 1.85. The first kappa shape index (κ1) is 13.6. The van der Waals surface area contributed by atoms with Crippen molar-refractivity contribution in [2.45, 2.75) is 12.8 Å². The molecule has 0 amide bonds. The summed E-state index contributed by atoms with van der Waals surface area (Å²) in [5, 5.41) is 0.509. The molecule has 0 spiro atoms. The van der Waals surface area contributed by atoms with E-state index in [1.807, 2.05) is 6.07 Å². The van der Waals surface area contributed by atoms with Crippen molar-refractivity contribution in [3.8, 4) is 11.6 Å². The molecule has 1 aromatic carbocycles. The summed E-state index contributed by atoms with van der Waals surface area (Å²) in [6.45, 7) is 1.79. The molecule has 0 radical (unpaired) electrons. The van der Waals surface area contributed by atoms with Crippen molar-refractivity contribution in [3.63, 3.8) is 0 Å². The fraction of sp³-hybridized carbons (Fsp3) is 0.167. The second-order valence-corrected chi connectivity index (χ2v) is 5.15. The second-order valence-electron chi connectivity index (χ2n) is 3.56. The molecule has 94 valence electrons. The van der Waals surface area contributed by atoms with Gasteiger partial charge in [0.05, 0.1) is 10.9 Å². The van der Waals surface area contributed by atoms with Gasteiger partial charge < -0.3 is 4.74 Å². The van der Waals surface area contributed by atoms with E-state index in [1.54, 1.807) is 25.3 Å². The van der Waals surface area contributed by atoms with Gasteiger partial charge in [0.15, 0.2) is 0 Å². The Morgan fingerprint density at radius 1 is 1.39 bits per heavy atom. The molecular weight excluding hydrogens is 339 g/mol. The molecule has 0 aliphatic carbocycles. The lowest BCUT2D eigenvalue weighted by Crippen LogP contribution is -1.97. The van der Waals surface area contributed by atoms with Crippen LogP contribution in [0, 0.1) is 6.92 Å². The van der Waals surface area contributed by atoms with Gasteiger partial charge in [-0.25, -0.2) is 4.98 Å². The van der Waals surface area contributed by atoms with Gasteiger partial charge in [-0.2, -0.15) is 4.98 Å². The summed E-state index contributed by atoms with van der Waals surface area (Å²) in [7, 11) is 0. The molecule has 0 bridgehead atoms. The fourth-order valence-electron chi connectivity index (χ4n) is 1.31. The molecule has 0 aliphatic rings. The van der Waals surface area contributed by atoms with Crippen LogP contribution in [-0.4, -0.2) is 9.97 Å². The van der Waals surface area contributed by atoms with Crippen LogP contribution < -0.4 is 4.74 Å². The molecule has 0 N–H and O–H groups in total. The maximum Gasteiger partial charge on any atom is 0.227 e. The maximum absolute atomic E-state index is 6.06. The Balaban J connectivity index is 2.38. The first-order valence-corrected chi connectivity index (χ1v) is 6.82. The molecule has 1 aromatic heterocycles. The topological polar surface area (TPSA) is 35.0 Å². The van der Waals surface area contributed by atoms with Gasteiger partial charge in [-0.1, -0.05) is 27.5 Å². The molecule has 0 saturated carbocycles. The summed E-state index contributed by atoms with van der Waals surface area (Å²) in [5.41, 5.74) is 0.721. The molecule has 0 unspecified atom stereocenters. The minimum Gasteiger partial charge on any atom is -0.437 e. The maximum atomic E-state index is 6.06. The number of alkyl halides is 1. The third kappa shape index (κ3) is 3.13. The van der Waals surface area contributed by atoms with E-state index in [9.17, 15) is 0 Å². The molecule has 2 aromatic rings. The van der Waals surface area contributed by atoms with Gasteiger partial charge in [0.25, 0.3) is 0 Å². The largest absolute Gasteiger partial charge is 0.437 e. The van der Waals surface area contributed by atoms with E-state index in [1.165, 1.54) is 0 Å². The predicted octanol–water partition coefficient (Wildman–Crippen LogP) is 4.73. The molecule has 0 saturated heterocycles. The summed E-state index contributed by atoms with van der Waals surface area (Å²) in [6.07, 6.45) is 1.65. The van der Waals surface area contributed by atoms with Crippen molar-refractivity contribution in [2.24, 2.45) is 0 Å². The Labute approximate surface area is 123 Å². The van der Waals surface area contributed by atoms with Crippen molar-refractivity contribution in [1.29, 1.82) is 0 Å². The van der Waals surface area contributed by atoms with Crippen LogP contribution in [0.5, 0.6) is 11.6 Å². The Morgan fingerprint density at radius 3 is 2.89 bits per heavy atom. The van der Waals surface area contributed by atoms with Crippen molar-refractivity contribution in [1.82, 2.24) is 9.97 Å². The van der Waals surface area contributed by atoms with Crippen LogP contribution in [0.2, 0.25) is 5.02 Å². The zero-order valence-corrected chi connectivity index (χ0v) is 12.6. The highest BCUT2D eigenvalue weighted by molar-refractivity contribution is 9.10. The number of benzene rings is 1. The summed E-state index contributed by atoms with van der Waals surface area (Å²) < 4.78 is 6.57. The van der Waals surface area contributed by atoms with Crippen LogP contribution >= 0.6 is 39.1 Å². The predicted molar refractivity (Wildman–Crippen MR) is 75.6 cm³/mol. The molecular formula is C12H9BrCl2N2O. The van der Waals surface area contributed by atoms with Gasteiger partial charge in [0, 0.05) is 16.2 Å². The minimum atomic E-state index is 0.279. The van der Waals surface area contributed by atoms with E-state index >= 15 is 0 Å². The lowest BCUT2D eigenvalue weighted by Gasteiger charge is -2.10. The smallest absolute Gasteiger partial charge is 0.227 e. The monoisotopic (exact) mass is 346 g/mol. The summed E-state index contributed by atoms with van der Waals surface area (Å²) >= 11 is 15.2. The van der Waals surface area contributed by atoms with E-state index in [0.29, 0.717) is 22.5 Å². The summed E-state index contributed by atoms with van der Waals surface area (Å²) in [6, 6.07) is 5.36. The van der Waals surface area contributed by atoms with E-state index in [2.05, 4.69) is 25.9 Å². The third-order valence-corrected chi connectivity index (χ3v) is 3.28. The molecule has 0 aliphatic heterocycles. The van der Waals surface area contributed by atoms with Crippen LogP contribution in [0.1, 0.15) is 11.4 Å². The zero-order valence-electron chi connectivity index (χ0n) is 9.45. The number of aryl methyl sites for hydroxylation is 1. The van der Waals surface area contributed by atoms with Gasteiger partial charge in [-0.15, -0.1) is 11.6 Å². The van der Waals surface area contributed by atoms with E-state index in [4.69, 9.17) is 27.9 Å². The van der Waals surface area contributed by atoms with Crippen molar-refractivity contribution in [2.75, 3.05) is 0 Å². The van der Waals surface area contributed by atoms with Crippen molar-refractivity contribution < 1.29 is 4.74 Å². The molecule has 18 heavy (non-hydrogen) atoms. The lowest BCUT2D eigenvalue weighted by atomic mass is 10.3. The third-order valence-electron chi connectivity index (χ3n) is 2.19. The second kappa shape index (κ2) is 5.87. The van der Waals surface area contributed by atoms with Crippen LogP contribution in [0.4, 0.5) is 0 Å². The Hall–Kier alpha value is -0.840. The highest BCUT2D eigenvalue weighted by Gasteiger charge is 2.10. The van der Waals surface area contributed by atoms with Gasteiger partial charge in [0.1, 0.15) is 11.6 Å². The van der Waals surface area contributed by atoms with Crippen LogP contribution in [0.25, 0.3) is 0 Å². The van der Waals surface area contributed by atoms with Gasteiger partial charge >= 0.3 is 0 Å². The Kier molecular flexibility index (Phi) is 4.43.